The van der Waals surface area contributed by atoms with Crippen molar-refractivity contribution in [3.63, 3.8) is 0 Å². The van der Waals surface area contributed by atoms with Crippen LogP contribution in [-0.4, -0.2) is 57.2 Å². The Labute approximate surface area is 192 Å². The van der Waals surface area contributed by atoms with Gasteiger partial charge in [0.05, 0.1) is 12.6 Å². The largest absolute Gasteiger partial charge is 0.339 e. The summed E-state index contributed by atoms with van der Waals surface area (Å²) in [5.41, 5.74) is -0.213. The van der Waals surface area contributed by atoms with E-state index in [1.807, 2.05) is 0 Å². The molecule has 3 amide bonds. The first kappa shape index (κ1) is 22.0. The molecule has 3 heterocycles. The minimum Gasteiger partial charge on any atom is -0.339 e. The van der Waals surface area contributed by atoms with Crippen molar-refractivity contribution in [2.45, 2.75) is 57.4 Å². The number of rotatable bonds is 4. The van der Waals surface area contributed by atoms with Gasteiger partial charge in [-0.25, -0.2) is 14.1 Å². The van der Waals surface area contributed by atoms with Crippen LogP contribution in [0.3, 0.4) is 0 Å². The third kappa shape index (κ3) is 3.82. The normalized spacial score (nSPS) is 30.8. The fraction of sp³-hybridized carbons (Fsp3) is 0.583. The number of piperidine rings is 1. The topological polar surface area (TPSA) is 91.6 Å². The van der Waals surface area contributed by atoms with Crippen molar-refractivity contribution in [3.8, 4) is 11.4 Å². The number of likely N-dealkylation sites (tertiary alicyclic amines) is 1. The van der Waals surface area contributed by atoms with E-state index < -0.39 is 5.54 Å². The number of amides is 3. The lowest BCUT2D eigenvalue weighted by molar-refractivity contribution is -0.138. The summed E-state index contributed by atoms with van der Waals surface area (Å²) in [5.74, 6) is 0.653. The lowest BCUT2D eigenvalue weighted by Gasteiger charge is -2.42. The second kappa shape index (κ2) is 8.52. The summed E-state index contributed by atoms with van der Waals surface area (Å²) >= 11 is 0. The van der Waals surface area contributed by atoms with E-state index in [-0.39, 0.29) is 42.2 Å². The minimum atomic E-state index is -0.781. The number of hydrogen-bond acceptors (Lipinski definition) is 6. The van der Waals surface area contributed by atoms with Gasteiger partial charge in [0.2, 0.25) is 11.7 Å². The quantitative estimate of drug-likeness (QED) is 0.706. The zero-order valence-corrected chi connectivity index (χ0v) is 19.1. The minimum absolute atomic E-state index is 0.00388. The van der Waals surface area contributed by atoms with E-state index in [9.17, 15) is 14.0 Å². The molecule has 0 radical (unpaired) electrons. The summed E-state index contributed by atoms with van der Waals surface area (Å²) < 4.78 is 19.1. The Hall–Kier alpha value is -2.81. The monoisotopic (exact) mass is 455 g/mol. The molecule has 33 heavy (non-hydrogen) atoms. The SMILES string of the molecule is C[C@@H]1CCC[C@H](C)C12NC(=O)N(CN1CCC[C@H](c3nc(-c4cccc(F)c4)no3)C1)C2=O. The molecule has 1 unspecified atom stereocenters. The summed E-state index contributed by atoms with van der Waals surface area (Å²) in [6, 6.07) is 5.81. The average Bonchev–Trinajstić information content (AvgIpc) is 3.38. The maximum Gasteiger partial charge on any atom is 0.326 e. The summed E-state index contributed by atoms with van der Waals surface area (Å²) in [7, 11) is 0. The Kier molecular flexibility index (Phi) is 5.68. The van der Waals surface area contributed by atoms with Crippen LogP contribution in [0.15, 0.2) is 28.8 Å². The highest BCUT2D eigenvalue weighted by Gasteiger charge is 2.58. The van der Waals surface area contributed by atoms with Gasteiger partial charge in [0.15, 0.2) is 0 Å². The third-order valence-corrected chi connectivity index (χ3v) is 7.71. The fourth-order valence-corrected chi connectivity index (χ4v) is 5.81. The van der Waals surface area contributed by atoms with Crippen LogP contribution in [0.5, 0.6) is 0 Å². The van der Waals surface area contributed by atoms with Crippen LogP contribution in [-0.2, 0) is 4.79 Å². The average molecular weight is 456 g/mol. The van der Waals surface area contributed by atoms with Crippen LogP contribution in [0.4, 0.5) is 9.18 Å². The number of urea groups is 1. The molecule has 1 aromatic carbocycles. The van der Waals surface area contributed by atoms with Gasteiger partial charge in [-0.15, -0.1) is 0 Å². The first-order chi connectivity index (χ1) is 15.9. The van der Waals surface area contributed by atoms with Gasteiger partial charge in [-0.3, -0.25) is 9.69 Å². The molecular weight excluding hydrogens is 425 g/mol. The van der Waals surface area contributed by atoms with Crippen molar-refractivity contribution in [2.75, 3.05) is 19.8 Å². The number of imide groups is 1. The summed E-state index contributed by atoms with van der Waals surface area (Å²) in [5, 5.41) is 7.10. The highest BCUT2D eigenvalue weighted by molar-refractivity contribution is 6.07. The zero-order valence-electron chi connectivity index (χ0n) is 19.1. The number of carbonyl (C=O) groups is 2. The standard InChI is InChI=1S/C24H30FN5O3/c1-15-6-3-7-16(2)24(15)22(31)30(23(32)27-24)14-29-11-5-9-18(13-29)21-26-20(28-33-21)17-8-4-10-19(25)12-17/h4,8,10,12,15-16,18H,3,5-7,9,11,13-14H2,1-2H3,(H,27,32)/t15-,16+,18-,24?/m0/s1. The van der Waals surface area contributed by atoms with Gasteiger partial charge < -0.3 is 9.84 Å². The number of nitrogens with zero attached hydrogens (tertiary/aromatic N) is 4. The predicted octanol–water partition coefficient (Wildman–Crippen LogP) is 3.76. The molecular formula is C24H30FN5O3. The van der Waals surface area contributed by atoms with Crippen LogP contribution in [0.2, 0.25) is 0 Å². The molecule has 1 N–H and O–H groups in total. The Bertz CT molecular complexity index is 1050. The summed E-state index contributed by atoms with van der Waals surface area (Å²) in [4.78, 5) is 34.3. The number of aromatic nitrogens is 2. The van der Waals surface area contributed by atoms with Crippen molar-refractivity contribution < 1.29 is 18.5 Å². The molecule has 2 saturated heterocycles. The molecule has 3 aliphatic rings. The van der Waals surface area contributed by atoms with E-state index in [2.05, 4.69) is 34.2 Å². The Morgan fingerprint density at radius 3 is 2.73 bits per heavy atom. The Morgan fingerprint density at radius 2 is 1.97 bits per heavy atom. The van der Waals surface area contributed by atoms with E-state index in [4.69, 9.17) is 4.52 Å². The molecule has 2 aliphatic heterocycles. The maximum absolute atomic E-state index is 13.5. The highest BCUT2D eigenvalue weighted by Crippen LogP contribution is 2.42. The molecule has 3 fully saturated rings. The third-order valence-electron chi connectivity index (χ3n) is 7.71. The first-order valence-electron chi connectivity index (χ1n) is 11.8. The van der Waals surface area contributed by atoms with E-state index in [0.717, 1.165) is 38.6 Å². The zero-order chi connectivity index (χ0) is 23.2. The van der Waals surface area contributed by atoms with E-state index in [1.54, 1.807) is 12.1 Å². The van der Waals surface area contributed by atoms with Gasteiger partial charge in [0.25, 0.3) is 5.91 Å². The van der Waals surface area contributed by atoms with Crippen molar-refractivity contribution in [2.24, 2.45) is 11.8 Å². The van der Waals surface area contributed by atoms with Gasteiger partial charge in [0, 0.05) is 12.1 Å². The van der Waals surface area contributed by atoms with Gasteiger partial charge in [-0.1, -0.05) is 37.6 Å². The summed E-state index contributed by atoms with van der Waals surface area (Å²) in [6.07, 6.45) is 4.74. The highest BCUT2D eigenvalue weighted by atomic mass is 19.1. The van der Waals surface area contributed by atoms with Crippen LogP contribution in [0.25, 0.3) is 11.4 Å². The van der Waals surface area contributed by atoms with Gasteiger partial charge in [-0.2, -0.15) is 4.98 Å². The Morgan fingerprint density at radius 1 is 1.18 bits per heavy atom. The Balaban J connectivity index is 1.28. The maximum atomic E-state index is 13.5. The van der Waals surface area contributed by atoms with Crippen molar-refractivity contribution in [3.05, 3.63) is 36.0 Å². The number of nitrogens with one attached hydrogen (secondary N) is 1. The van der Waals surface area contributed by atoms with E-state index in [0.29, 0.717) is 23.8 Å². The molecule has 9 heteroatoms. The van der Waals surface area contributed by atoms with E-state index in [1.165, 1.54) is 17.0 Å². The lowest BCUT2D eigenvalue weighted by atomic mass is 9.67. The smallest absolute Gasteiger partial charge is 0.326 e. The molecule has 2 aromatic rings. The number of halogens is 1. The molecule has 0 bridgehead atoms. The van der Waals surface area contributed by atoms with Crippen LogP contribution < -0.4 is 5.32 Å². The molecule has 176 valence electrons. The fourth-order valence-electron chi connectivity index (χ4n) is 5.81. The number of hydrogen-bond donors (Lipinski definition) is 1. The molecule has 1 spiro atoms. The van der Waals surface area contributed by atoms with Crippen molar-refractivity contribution in [1.29, 1.82) is 0 Å². The van der Waals surface area contributed by atoms with Gasteiger partial charge >= 0.3 is 6.03 Å². The predicted molar refractivity (Wildman–Crippen MR) is 118 cm³/mol. The molecule has 4 atom stereocenters. The van der Waals surface area contributed by atoms with Crippen molar-refractivity contribution in [1.82, 2.24) is 25.3 Å². The molecule has 1 aliphatic carbocycles. The number of benzene rings is 1. The second-order valence-corrected chi connectivity index (χ2v) is 9.79. The molecule has 1 aromatic heterocycles. The van der Waals surface area contributed by atoms with Crippen molar-refractivity contribution >= 4 is 11.9 Å². The number of carbonyl (C=O) groups excluding carboxylic acids is 2. The van der Waals surface area contributed by atoms with Gasteiger partial charge in [0.1, 0.15) is 11.4 Å². The lowest BCUT2D eigenvalue weighted by Crippen LogP contribution is -2.59. The molecule has 5 rings (SSSR count). The first-order valence-corrected chi connectivity index (χ1v) is 11.8. The summed E-state index contributed by atoms with van der Waals surface area (Å²) in [6.45, 7) is 5.80. The van der Waals surface area contributed by atoms with Crippen LogP contribution in [0.1, 0.15) is 57.8 Å². The van der Waals surface area contributed by atoms with Crippen LogP contribution in [0, 0.1) is 17.7 Å². The second-order valence-electron chi connectivity index (χ2n) is 9.79. The van der Waals surface area contributed by atoms with Crippen LogP contribution >= 0.6 is 0 Å². The molecule has 8 nitrogen and oxygen atoms in total. The molecule has 1 saturated carbocycles. The van der Waals surface area contributed by atoms with Gasteiger partial charge in [-0.05, 0) is 56.2 Å². The van der Waals surface area contributed by atoms with E-state index >= 15 is 0 Å².